The molecule has 3 heterocycles. The van der Waals surface area contributed by atoms with E-state index in [0.29, 0.717) is 5.56 Å². The standard InChI is InChI=1S/C21H20N4O3S/c1-11-8-13(9-15-18(26)23-21(28)24(3)19(15)27)12(2)25(11)20-16(10-22)14-6-4-5-7-17(14)29-20/h8-9H,4-7H2,1-3H3,(H,23,26,28)/b15-9+. The molecule has 1 aliphatic carbocycles. The van der Waals surface area contributed by atoms with Crippen molar-refractivity contribution in [1.29, 1.82) is 5.26 Å². The van der Waals surface area contributed by atoms with Gasteiger partial charge in [0.15, 0.2) is 0 Å². The summed E-state index contributed by atoms with van der Waals surface area (Å²) in [4.78, 5) is 38.3. The molecule has 0 atom stereocenters. The second-order valence-electron chi connectivity index (χ2n) is 7.35. The number of amides is 4. The number of imide groups is 2. The first-order chi connectivity index (χ1) is 13.8. The van der Waals surface area contributed by atoms with Gasteiger partial charge in [0.25, 0.3) is 11.8 Å². The highest BCUT2D eigenvalue weighted by molar-refractivity contribution is 7.15. The molecule has 2 aromatic rings. The largest absolute Gasteiger partial charge is 0.331 e. The number of carbonyl (C=O) groups excluding carboxylic acids is 3. The minimum Gasteiger partial charge on any atom is -0.308 e. The van der Waals surface area contributed by atoms with Gasteiger partial charge in [0.2, 0.25) is 0 Å². The Morgan fingerprint density at radius 3 is 2.66 bits per heavy atom. The lowest BCUT2D eigenvalue weighted by atomic mass is 9.96. The van der Waals surface area contributed by atoms with Gasteiger partial charge in [-0.05, 0) is 62.8 Å². The third-order valence-corrected chi connectivity index (χ3v) is 6.82. The van der Waals surface area contributed by atoms with E-state index in [1.165, 1.54) is 18.0 Å². The lowest BCUT2D eigenvalue weighted by Crippen LogP contribution is -2.52. The van der Waals surface area contributed by atoms with Crippen molar-refractivity contribution in [3.8, 4) is 11.1 Å². The van der Waals surface area contributed by atoms with Gasteiger partial charge in [-0.1, -0.05) is 0 Å². The number of thiophene rings is 1. The molecule has 0 radical (unpaired) electrons. The van der Waals surface area contributed by atoms with Gasteiger partial charge in [0, 0.05) is 23.3 Å². The summed E-state index contributed by atoms with van der Waals surface area (Å²) in [6.45, 7) is 3.84. The molecule has 2 aromatic heterocycles. The lowest BCUT2D eigenvalue weighted by molar-refractivity contribution is -0.129. The molecule has 0 unspecified atom stereocenters. The normalized spacial score (nSPS) is 18.1. The third kappa shape index (κ3) is 2.98. The Kier molecular flexibility index (Phi) is 4.63. The van der Waals surface area contributed by atoms with Crippen LogP contribution in [0.3, 0.4) is 0 Å². The second kappa shape index (κ2) is 7.01. The first kappa shape index (κ1) is 19.2. The number of aryl methyl sites for hydroxylation is 2. The van der Waals surface area contributed by atoms with Crippen LogP contribution < -0.4 is 5.32 Å². The third-order valence-electron chi connectivity index (χ3n) is 5.54. The Morgan fingerprint density at radius 1 is 1.21 bits per heavy atom. The number of aromatic nitrogens is 1. The number of urea groups is 1. The van der Waals surface area contributed by atoms with Crippen LogP contribution in [0.2, 0.25) is 0 Å². The van der Waals surface area contributed by atoms with E-state index < -0.39 is 17.8 Å². The Morgan fingerprint density at radius 2 is 1.93 bits per heavy atom. The number of hydrogen-bond donors (Lipinski definition) is 1. The summed E-state index contributed by atoms with van der Waals surface area (Å²) in [5, 5.41) is 12.9. The second-order valence-corrected chi connectivity index (χ2v) is 8.43. The lowest BCUT2D eigenvalue weighted by Gasteiger charge is -2.22. The van der Waals surface area contributed by atoms with Gasteiger partial charge in [-0.15, -0.1) is 11.3 Å². The van der Waals surface area contributed by atoms with Gasteiger partial charge in [-0.25, -0.2) is 4.79 Å². The van der Waals surface area contributed by atoms with E-state index in [0.717, 1.165) is 58.1 Å². The number of likely N-dealkylation sites (N-methyl/N-ethyl adjacent to an activating group) is 1. The quantitative estimate of drug-likeness (QED) is 0.610. The fourth-order valence-electron chi connectivity index (χ4n) is 3.97. The number of nitrogens with zero attached hydrogens (tertiary/aromatic N) is 3. The van der Waals surface area contributed by atoms with Gasteiger partial charge in [0.05, 0.1) is 5.56 Å². The van der Waals surface area contributed by atoms with E-state index in [1.807, 2.05) is 24.5 Å². The first-order valence-electron chi connectivity index (χ1n) is 9.42. The maximum atomic E-state index is 12.4. The van der Waals surface area contributed by atoms with E-state index in [-0.39, 0.29) is 5.57 Å². The Hall–Kier alpha value is -3.18. The van der Waals surface area contributed by atoms with Crippen LogP contribution >= 0.6 is 11.3 Å². The number of fused-ring (bicyclic) bond motifs is 1. The summed E-state index contributed by atoms with van der Waals surface area (Å²) >= 11 is 1.65. The molecule has 7 nitrogen and oxygen atoms in total. The SMILES string of the molecule is Cc1cc(/C=C2\C(=O)NC(=O)N(C)C2=O)c(C)n1-c1sc2c(c1C#N)CCCC2. The molecule has 1 fully saturated rings. The highest BCUT2D eigenvalue weighted by atomic mass is 32.1. The van der Waals surface area contributed by atoms with Crippen LogP contribution in [0, 0.1) is 25.2 Å². The molecule has 0 aromatic carbocycles. The minimum absolute atomic E-state index is 0.0849. The van der Waals surface area contributed by atoms with Gasteiger partial charge >= 0.3 is 6.03 Å². The molecule has 2 aliphatic rings. The van der Waals surface area contributed by atoms with Crippen molar-refractivity contribution in [2.75, 3.05) is 7.05 Å². The fourth-order valence-corrected chi connectivity index (χ4v) is 5.42. The van der Waals surface area contributed by atoms with Crippen molar-refractivity contribution in [3.05, 3.63) is 44.6 Å². The van der Waals surface area contributed by atoms with E-state index in [2.05, 4.69) is 11.4 Å². The molecule has 8 heteroatoms. The topological polar surface area (TPSA) is 95.2 Å². The van der Waals surface area contributed by atoms with Crippen LogP contribution in [-0.4, -0.2) is 34.4 Å². The van der Waals surface area contributed by atoms with E-state index in [1.54, 1.807) is 11.3 Å². The van der Waals surface area contributed by atoms with E-state index in [4.69, 9.17) is 0 Å². The zero-order chi connectivity index (χ0) is 20.9. The molecular formula is C21H20N4O3S. The van der Waals surface area contributed by atoms with Crippen LogP contribution in [0.15, 0.2) is 11.6 Å². The molecule has 0 saturated carbocycles. The van der Waals surface area contributed by atoms with Crippen LogP contribution in [0.1, 0.15) is 45.8 Å². The molecule has 1 aliphatic heterocycles. The van der Waals surface area contributed by atoms with E-state index >= 15 is 0 Å². The fraction of sp³-hybridized carbons (Fsp3) is 0.333. The smallest absolute Gasteiger partial charge is 0.308 e. The Labute approximate surface area is 172 Å². The minimum atomic E-state index is -0.731. The van der Waals surface area contributed by atoms with Crippen molar-refractivity contribution < 1.29 is 14.4 Å². The molecule has 1 N–H and O–H groups in total. The Balaban J connectivity index is 1.82. The van der Waals surface area contributed by atoms with Crippen molar-refractivity contribution in [2.24, 2.45) is 0 Å². The van der Waals surface area contributed by atoms with Crippen molar-refractivity contribution in [2.45, 2.75) is 39.5 Å². The van der Waals surface area contributed by atoms with Gasteiger partial charge < -0.3 is 4.57 Å². The molecule has 0 bridgehead atoms. The average Bonchev–Trinajstić information content (AvgIpc) is 3.19. The summed E-state index contributed by atoms with van der Waals surface area (Å²) in [6, 6.07) is 3.54. The number of nitriles is 1. The molecular weight excluding hydrogens is 388 g/mol. The van der Waals surface area contributed by atoms with Crippen molar-refractivity contribution in [3.63, 3.8) is 0 Å². The first-order valence-corrected chi connectivity index (χ1v) is 10.2. The van der Waals surface area contributed by atoms with Gasteiger partial charge in [-0.2, -0.15) is 5.26 Å². The van der Waals surface area contributed by atoms with Crippen LogP contribution in [0.25, 0.3) is 11.1 Å². The summed E-state index contributed by atoms with van der Waals surface area (Å²) in [5.74, 6) is -1.33. The van der Waals surface area contributed by atoms with Crippen LogP contribution in [-0.2, 0) is 22.4 Å². The molecule has 1 saturated heterocycles. The van der Waals surface area contributed by atoms with Crippen molar-refractivity contribution >= 4 is 35.3 Å². The van der Waals surface area contributed by atoms with Gasteiger partial charge in [0.1, 0.15) is 16.6 Å². The molecule has 4 amide bonds. The average molecular weight is 408 g/mol. The monoisotopic (exact) mass is 408 g/mol. The summed E-state index contributed by atoms with van der Waals surface area (Å²) in [6.07, 6.45) is 5.68. The zero-order valence-electron chi connectivity index (χ0n) is 16.5. The number of rotatable bonds is 2. The van der Waals surface area contributed by atoms with E-state index in [9.17, 15) is 19.6 Å². The maximum absolute atomic E-state index is 12.4. The zero-order valence-corrected chi connectivity index (χ0v) is 17.3. The molecule has 148 valence electrons. The number of nitrogens with one attached hydrogen (secondary N) is 1. The molecule has 29 heavy (non-hydrogen) atoms. The number of barbiturate groups is 1. The predicted molar refractivity (Wildman–Crippen MR) is 109 cm³/mol. The Bertz CT molecular complexity index is 1150. The van der Waals surface area contributed by atoms with Crippen LogP contribution in [0.5, 0.6) is 0 Å². The summed E-state index contributed by atoms with van der Waals surface area (Å²) < 4.78 is 2.02. The highest BCUT2D eigenvalue weighted by Gasteiger charge is 2.33. The van der Waals surface area contributed by atoms with Crippen molar-refractivity contribution in [1.82, 2.24) is 14.8 Å². The number of hydrogen-bond acceptors (Lipinski definition) is 5. The summed E-state index contributed by atoms with van der Waals surface area (Å²) in [7, 11) is 1.33. The highest BCUT2D eigenvalue weighted by Crippen LogP contribution is 2.38. The number of carbonyl (C=O) groups is 3. The predicted octanol–water partition coefficient (Wildman–Crippen LogP) is 3.00. The summed E-state index contributed by atoms with van der Waals surface area (Å²) in [5.41, 5.74) is 4.26. The van der Waals surface area contributed by atoms with Crippen LogP contribution in [0.4, 0.5) is 4.79 Å². The van der Waals surface area contributed by atoms with Gasteiger partial charge in [-0.3, -0.25) is 19.8 Å². The molecule has 4 rings (SSSR count). The molecule has 0 spiro atoms. The maximum Gasteiger partial charge on any atom is 0.331 e.